The highest BCUT2D eigenvalue weighted by Crippen LogP contribution is 2.38. The molecule has 10 heteroatoms. The molecule has 0 aromatic heterocycles. The summed E-state index contributed by atoms with van der Waals surface area (Å²) in [6.07, 6.45) is -0.523. The van der Waals surface area contributed by atoms with Crippen molar-refractivity contribution in [2.45, 2.75) is 43.9 Å². The molecule has 178 valence electrons. The van der Waals surface area contributed by atoms with Crippen molar-refractivity contribution < 1.29 is 31.5 Å². The van der Waals surface area contributed by atoms with Gasteiger partial charge in [-0.15, -0.1) is 0 Å². The molecular formula is C23H23F5N2O2S. The van der Waals surface area contributed by atoms with Crippen LogP contribution in [0.4, 0.5) is 22.0 Å². The first-order valence-corrected chi connectivity index (χ1v) is 11.6. The van der Waals surface area contributed by atoms with Crippen LogP contribution in [0.5, 0.6) is 0 Å². The number of nitrogens with zero attached hydrogens (tertiary/aromatic N) is 1. The molecule has 2 aliphatic heterocycles. The summed E-state index contributed by atoms with van der Waals surface area (Å²) in [6, 6.07) is 4.53. The SMILES string of the molecule is CCSN[C@@H]1[C@H](Cc2cccc(-c3cc(F)cc(F)c3)c2F)N(C(=O)[C@H]2CCO2)CC1(F)F. The maximum atomic E-state index is 15.4. The number of hydrogen-bond donors (Lipinski definition) is 1. The Morgan fingerprint density at radius 3 is 2.52 bits per heavy atom. The van der Waals surface area contributed by atoms with Crippen LogP contribution >= 0.6 is 11.9 Å². The Kier molecular flexibility index (Phi) is 6.97. The van der Waals surface area contributed by atoms with Crippen LogP contribution in [-0.2, 0) is 16.0 Å². The zero-order chi connectivity index (χ0) is 23.8. The largest absolute Gasteiger partial charge is 0.368 e. The Morgan fingerprint density at radius 2 is 1.91 bits per heavy atom. The van der Waals surface area contributed by atoms with Crippen molar-refractivity contribution in [2.24, 2.45) is 0 Å². The third-order valence-electron chi connectivity index (χ3n) is 5.91. The summed E-state index contributed by atoms with van der Waals surface area (Å²) in [5.41, 5.74) is 0.0133. The van der Waals surface area contributed by atoms with E-state index in [4.69, 9.17) is 4.74 Å². The second kappa shape index (κ2) is 9.60. The molecule has 2 aromatic rings. The smallest absolute Gasteiger partial charge is 0.283 e. The topological polar surface area (TPSA) is 41.6 Å². The molecule has 0 radical (unpaired) electrons. The Bertz CT molecular complexity index is 1010. The van der Waals surface area contributed by atoms with Gasteiger partial charge in [-0.05, 0) is 29.7 Å². The quantitative estimate of drug-likeness (QED) is 0.460. The molecule has 0 saturated carbocycles. The third-order valence-corrected chi connectivity index (χ3v) is 6.62. The highest BCUT2D eigenvalue weighted by molar-refractivity contribution is 7.97. The van der Waals surface area contributed by atoms with Gasteiger partial charge in [-0.3, -0.25) is 9.52 Å². The maximum absolute atomic E-state index is 15.4. The Balaban J connectivity index is 1.68. The van der Waals surface area contributed by atoms with E-state index in [1.54, 1.807) is 6.92 Å². The normalized spacial score (nSPS) is 24.1. The molecule has 4 nitrogen and oxygen atoms in total. The minimum Gasteiger partial charge on any atom is -0.368 e. The highest BCUT2D eigenvalue weighted by Gasteiger charge is 2.57. The number of carbonyl (C=O) groups is 1. The number of amides is 1. The number of halogens is 5. The lowest BCUT2D eigenvalue weighted by molar-refractivity contribution is -0.158. The van der Waals surface area contributed by atoms with E-state index in [1.165, 1.54) is 18.2 Å². The fourth-order valence-corrected chi connectivity index (χ4v) is 4.90. The monoisotopic (exact) mass is 486 g/mol. The fourth-order valence-electron chi connectivity index (χ4n) is 4.22. The summed E-state index contributed by atoms with van der Waals surface area (Å²) < 4.78 is 80.6. The molecule has 2 aliphatic rings. The van der Waals surface area contributed by atoms with Crippen molar-refractivity contribution in [3.05, 3.63) is 59.4 Å². The van der Waals surface area contributed by atoms with E-state index in [-0.39, 0.29) is 23.1 Å². The van der Waals surface area contributed by atoms with Gasteiger partial charge in [0.15, 0.2) is 0 Å². The summed E-state index contributed by atoms with van der Waals surface area (Å²) >= 11 is 1.09. The Labute approximate surface area is 192 Å². The van der Waals surface area contributed by atoms with Gasteiger partial charge in [0.1, 0.15) is 29.6 Å². The number of likely N-dealkylation sites (tertiary alicyclic amines) is 1. The summed E-state index contributed by atoms with van der Waals surface area (Å²) in [5.74, 6) is -5.74. The van der Waals surface area contributed by atoms with E-state index in [2.05, 4.69) is 4.72 Å². The molecule has 0 spiro atoms. The van der Waals surface area contributed by atoms with Gasteiger partial charge >= 0.3 is 0 Å². The number of carbonyl (C=O) groups excluding carboxylic acids is 1. The van der Waals surface area contributed by atoms with Crippen molar-refractivity contribution in [1.82, 2.24) is 9.62 Å². The maximum Gasteiger partial charge on any atom is 0.283 e. The summed E-state index contributed by atoms with van der Waals surface area (Å²) in [5, 5.41) is 0. The average molecular weight is 487 g/mol. The van der Waals surface area contributed by atoms with Gasteiger partial charge in [0.2, 0.25) is 0 Å². The first-order chi connectivity index (χ1) is 15.7. The summed E-state index contributed by atoms with van der Waals surface area (Å²) in [4.78, 5) is 13.9. The first-order valence-electron chi connectivity index (χ1n) is 10.6. The lowest BCUT2D eigenvalue weighted by Crippen LogP contribution is -2.51. The zero-order valence-electron chi connectivity index (χ0n) is 17.8. The minimum absolute atomic E-state index is 0.00406. The number of ether oxygens (including phenoxy) is 1. The Morgan fingerprint density at radius 1 is 1.21 bits per heavy atom. The van der Waals surface area contributed by atoms with Gasteiger partial charge in [-0.25, -0.2) is 22.0 Å². The summed E-state index contributed by atoms with van der Waals surface area (Å²) in [6.45, 7) is 1.39. The molecule has 2 fully saturated rings. The molecule has 33 heavy (non-hydrogen) atoms. The molecule has 2 aromatic carbocycles. The molecule has 0 unspecified atom stereocenters. The van der Waals surface area contributed by atoms with Crippen LogP contribution in [0.1, 0.15) is 18.9 Å². The van der Waals surface area contributed by atoms with Crippen molar-refractivity contribution >= 4 is 17.9 Å². The fraction of sp³-hybridized carbons (Fsp3) is 0.435. The van der Waals surface area contributed by atoms with Crippen LogP contribution in [-0.4, -0.2) is 53.8 Å². The van der Waals surface area contributed by atoms with Gasteiger partial charge < -0.3 is 9.64 Å². The van der Waals surface area contributed by atoms with Crippen LogP contribution in [0.3, 0.4) is 0 Å². The molecule has 4 rings (SSSR count). The van der Waals surface area contributed by atoms with Crippen LogP contribution in [0.2, 0.25) is 0 Å². The Hall–Kier alpha value is -2.17. The van der Waals surface area contributed by atoms with Crippen LogP contribution in [0.25, 0.3) is 11.1 Å². The minimum atomic E-state index is -3.23. The molecule has 0 bridgehead atoms. The predicted octanol–water partition coefficient (Wildman–Crippen LogP) is 4.57. The molecule has 3 atom stereocenters. The van der Waals surface area contributed by atoms with Crippen molar-refractivity contribution in [3.63, 3.8) is 0 Å². The van der Waals surface area contributed by atoms with E-state index in [0.717, 1.165) is 29.0 Å². The van der Waals surface area contributed by atoms with Gasteiger partial charge in [-0.2, -0.15) is 0 Å². The highest BCUT2D eigenvalue weighted by atomic mass is 32.2. The van der Waals surface area contributed by atoms with Crippen LogP contribution in [0.15, 0.2) is 36.4 Å². The van der Waals surface area contributed by atoms with Gasteiger partial charge in [0, 0.05) is 23.8 Å². The number of benzene rings is 2. The lowest BCUT2D eigenvalue weighted by Gasteiger charge is -2.34. The average Bonchev–Trinajstić information content (AvgIpc) is 2.95. The molecular weight excluding hydrogens is 463 g/mol. The van der Waals surface area contributed by atoms with Crippen molar-refractivity contribution in [1.29, 1.82) is 0 Å². The number of nitrogens with one attached hydrogen (secondary N) is 1. The van der Waals surface area contributed by atoms with E-state index >= 15 is 4.39 Å². The molecule has 1 N–H and O–H groups in total. The van der Waals surface area contributed by atoms with Crippen LogP contribution < -0.4 is 4.72 Å². The number of alkyl halides is 2. The van der Waals surface area contributed by atoms with Gasteiger partial charge in [0.05, 0.1) is 19.2 Å². The third kappa shape index (κ3) is 4.88. The van der Waals surface area contributed by atoms with Gasteiger partial charge in [0.25, 0.3) is 11.8 Å². The second-order valence-corrected chi connectivity index (χ2v) is 9.21. The first kappa shape index (κ1) is 24.0. The lowest BCUT2D eigenvalue weighted by atomic mass is 9.95. The molecule has 2 saturated heterocycles. The predicted molar refractivity (Wildman–Crippen MR) is 115 cm³/mol. The molecule has 0 aliphatic carbocycles. The van der Waals surface area contributed by atoms with Gasteiger partial charge in [-0.1, -0.05) is 37.1 Å². The second-order valence-electron chi connectivity index (χ2n) is 8.11. The standard InChI is InChI=1S/C23H23F5N2O2S/c1-2-33-29-21-18(30(12-23(21,27)28)22(31)19-6-7-32-19)10-13-4-3-5-17(20(13)26)14-8-15(24)11-16(25)9-14/h3-5,8-9,11,18-19,21,29H,2,6-7,10,12H2,1H3/t18-,19+,21+/m0/s1. The van der Waals surface area contributed by atoms with E-state index in [1.807, 2.05) is 0 Å². The number of hydrogen-bond acceptors (Lipinski definition) is 4. The molecule has 2 heterocycles. The van der Waals surface area contributed by atoms with Crippen molar-refractivity contribution in [3.8, 4) is 11.1 Å². The van der Waals surface area contributed by atoms with E-state index < -0.39 is 54.0 Å². The van der Waals surface area contributed by atoms with Crippen LogP contribution in [0, 0.1) is 17.5 Å². The number of rotatable bonds is 7. The summed E-state index contributed by atoms with van der Waals surface area (Å²) in [7, 11) is 0. The molecule has 1 amide bonds. The van der Waals surface area contributed by atoms with E-state index in [0.29, 0.717) is 24.8 Å². The van der Waals surface area contributed by atoms with E-state index in [9.17, 15) is 22.4 Å². The van der Waals surface area contributed by atoms with Crippen molar-refractivity contribution in [2.75, 3.05) is 18.9 Å². The zero-order valence-corrected chi connectivity index (χ0v) is 18.6.